The first-order chi connectivity index (χ1) is 16.2. The predicted molar refractivity (Wildman–Crippen MR) is 133 cm³/mol. The molecule has 0 atom stereocenters. The van der Waals surface area contributed by atoms with Crippen molar-refractivity contribution in [3.63, 3.8) is 0 Å². The molecule has 0 aliphatic rings. The van der Waals surface area contributed by atoms with E-state index < -0.39 is 0 Å². The first kappa shape index (κ1) is 22.5. The molecule has 0 radical (unpaired) electrons. The van der Waals surface area contributed by atoms with Crippen LogP contribution >= 0.6 is 0 Å². The Hall–Kier alpha value is -3.73. The molecule has 0 aliphatic heterocycles. The van der Waals surface area contributed by atoms with Crippen LogP contribution in [0.25, 0.3) is 17.1 Å². The van der Waals surface area contributed by atoms with Gasteiger partial charge in [0, 0.05) is 6.54 Å². The normalized spacial score (nSPS) is 11.2. The molecule has 0 N–H and O–H groups in total. The van der Waals surface area contributed by atoms with E-state index in [2.05, 4.69) is 23.6 Å². The average Bonchev–Trinajstić information content (AvgIpc) is 3.19. The Balaban J connectivity index is 1.43. The van der Waals surface area contributed by atoms with Crippen molar-refractivity contribution in [3.8, 4) is 17.2 Å². The van der Waals surface area contributed by atoms with Gasteiger partial charge in [-0.15, -0.1) is 0 Å². The topological polar surface area (TPSA) is 45.5 Å². The van der Waals surface area contributed by atoms with E-state index in [0.717, 1.165) is 52.6 Å². The second-order valence-electron chi connectivity index (χ2n) is 7.89. The van der Waals surface area contributed by atoms with Gasteiger partial charge in [-0.3, -0.25) is 0 Å². The number of imidazole rings is 1. The van der Waals surface area contributed by atoms with Gasteiger partial charge in [0.1, 0.15) is 18.2 Å². The van der Waals surface area contributed by atoms with E-state index in [1.165, 1.54) is 5.56 Å². The maximum absolute atomic E-state index is 6.04. The van der Waals surface area contributed by atoms with E-state index in [4.69, 9.17) is 19.2 Å². The number of para-hydroxylation sites is 2. The van der Waals surface area contributed by atoms with Crippen LogP contribution in [0.2, 0.25) is 0 Å². The Morgan fingerprint density at radius 1 is 0.939 bits per heavy atom. The van der Waals surface area contributed by atoms with Gasteiger partial charge in [-0.1, -0.05) is 42.5 Å². The van der Waals surface area contributed by atoms with E-state index >= 15 is 0 Å². The molecule has 4 aromatic rings. The smallest absolute Gasteiger partial charge is 0.161 e. The van der Waals surface area contributed by atoms with Crippen LogP contribution in [0.15, 0.2) is 72.8 Å². The van der Waals surface area contributed by atoms with Crippen LogP contribution < -0.4 is 14.2 Å². The van der Waals surface area contributed by atoms with Gasteiger partial charge in [-0.05, 0) is 67.8 Å². The van der Waals surface area contributed by atoms with E-state index in [9.17, 15) is 0 Å². The summed E-state index contributed by atoms with van der Waals surface area (Å²) in [6, 6.07) is 22.2. The van der Waals surface area contributed by atoms with Gasteiger partial charge in [0.25, 0.3) is 0 Å². The summed E-state index contributed by atoms with van der Waals surface area (Å²) in [5.41, 5.74) is 4.34. The number of rotatable bonds is 10. The highest BCUT2D eigenvalue weighted by Crippen LogP contribution is 2.29. The molecular weight excluding hydrogens is 412 g/mol. The number of methoxy groups -OCH3 is 1. The maximum atomic E-state index is 6.04. The Kier molecular flexibility index (Phi) is 7.30. The van der Waals surface area contributed by atoms with E-state index in [1.807, 2.05) is 73.7 Å². The van der Waals surface area contributed by atoms with Crippen molar-refractivity contribution in [2.45, 2.75) is 33.4 Å². The van der Waals surface area contributed by atoms with Gasteiger partial charge in [0.15, 0.2) is 11.5 Å². The fourth-order valence-electron chi connectivity index (χ4n) is 3.84. The minimum atomic E-state index is 0.416. The van der Waals surface area contributed by atoms with Gasteiger partial charge < -0.3 is 18.8 Å². The lowest BCUT2D eigenvalue weighted by atomic mass is 10.2. The summed E-state index contributed by atoms with van der Waals surface area (Å²) in [5, 5.41) is 0. The first-order valence-corrected chi connectivity index (χ1v) is 11.2. The number of ether oxygens (including phenoxy) is 3. The van der Waals surface area contributed by atoms with Gasteiger partial charge in [-0.2, -0.15) is 0 Å². The Morgan fingerprint density at radius 3 is 2.64 bits per heavy atom. The van der Waals surface area contributed by atoms with Gasteiger partial charge in [0.05, 0.1) is 24.8 Å². The summed E-state index contributed by atoms with van der Waals surface area (Å²) in [6.45, 7) is 5.83. The molecule has 33 heavy (non-hydrogen) atoms. The number of hydrogen-bond donors (Lipinski definition) is 0. The second kappa shape index (κ2) is 10.7. The molecule has 0 fully saturated rings. The lowest BCUT2D eigenvalue weighted by molar-refractivity contribution is 0.273. The van der Waals surface area contributed by atoms with Crippen molar-refractivity contribution >= 4 is 17.1 Å². The van der Waals surface area contributed by atoms with E-state index in [-0.39, 0.29) is 0 Å². The van der Waals surface area contributed by atoms with Crippen molar-refractivity contribution in [3.05, 3.63) is 89.8 Å². The Morgan fingerprint density at radius 2 is 1.82 bits per heavy atom. The van der Waals surface area contributed by atoms with Crippen molar-refractivity contribution in [1.82, 2.24) is 9.55 Å². The van der Waals surface area contributed by atoms with Crippen molar-refractivity contribution in [2.24, 2.45) is 0 Å². The minimum absolute atomic E-state index is 0.416. The SMILES string of the molecule is C/C=C/c1ccc(OCCCn2c(COc3cccc(C)c3)nc3ccccc32)c(OC)c1. The molecule has 0 saturated carbocycles. The molecule has 0 aliphatic carbocycles. The Labute approximate surface area is 195 Å². The number of fused-ring (bicyclic) bond motifs is 1. The zero-order valence-corrected chi connectivity index (χ0v) is 19.5. The third-order valence-corrected chi connectivity index (χ3v) is 5.42. The van der Waals surface area contributed by atoms with E-state index in [0.29, 0.717) is 13.2 Å². The number of aromatic nitrogens is 2. The predicted octanol–water partition coefficient (Wildman–Crippen LogP) is 6.43. The molecule has 0 saturated heterocycles. The van der Waals surface area contributed by atoms with Crippen LogP contribution in [-0.4, -0.2) is 23.3 Å². The van der Waals surface area contributed by atoms with Crippen molar-refractivity contribution in [1.29, 1.82) is 0 Å². The molecule has 3 aromatic carbocycles. The van der Waals surface area contributed by atoms with Crippen LogP contribution in [0.4, 0.5) is 0 Å². The number of benzene rings is 3. The fraction of sp³-hybridized carbons (Fsp3) is 0.250. The number of allylic oxidation sites excluding steroid dienone is 1. The molecule has 0 amide bonds. The molecular formula is C28H30N2O3. The monoisotopic (exact) mass is 442 g/mol. The summed E-state index contributed by atoms with van der Waals surface area (Å²) in [6.07, 6.45) is 4.87. The van der Waals surface area contributed by atoms with Crippen LogP contribution in [0.3, 0.4) is 0 Å². The number of hydrogen-bond acceptors (Lipinski definition) is 4. The molecule has 5 nitrogen and oxygen atoms in total. The molecule has 0 unspecified atom stereocenters. The van der Waals surface area contributed by atoms with Gasteiger partial charge in [-0.25, -0.2) is 4.98 Å². The first-order valence-electron chi connectivity index (χ1n) is 11.2. The third kappa shape index (κ3) is 5.55. The van der Waals surface area contributed by atoms with E-state index in [1.54, 1.807) is 7.11 Å². The molecule has 4 rings (SSSR count). The number of aryl methyl sites for hydroxylation is 2. The maximum Gasteiger partial charge on any atom is 0.161 e. The highest BCUT2D eigenvalue weighted by Gasteiger charge is 2.12. The summed E-state index contributed by atoms with van der Waals surface area (Å²) >= 11 is 0. The Bertz CT molecular complexity index is 1240. The van der Waals surface area contributed by atoms with Crippen LogP contribution in [0, 0.1) is 6.92 Å². The molecule has 1 aromatic heterocycles. The van der Waals surface area contributed by atoms with Crippen LogP contribution in [-0.2, 0) is 13.2 Å². The lowest BCUT2D eigenvalue weighted by Gasteiger charge is -2.13. The van der Waals surface area contributed by atoms with Crippen molar-refractivity contribution in [2.75, 3.05) is 13.7 Å². The molecule has 170 valence electrons. The van der Waals surface area contributed by atoms with Crippen LogP contribution in [0.5, 0.6) is 17.2 Å². The second-order valence-corrected chi connectivity index (χ2v) is 7.89. The fourth-order valence-corrected chi connectivity index (χ4v) is 3.84. The molecule has 0 bridgehead atoms. The largest absolute Gasteiger partial charge is 0.493 e. The number of nitrogens with zero attached hydrogens (tertiary/aromatic N) is 2. The summed E-state index contributed by atoms with van der Waals surface area (Å²) in [7, 11) is 1.67. The standard InChI is InChI=1S/C28H30N2O3/c1-4-9-22-14-15-26(27(19-22)31-3)32-17-8-16-30-25-13-6-5-12-24(25)29-28(30)20-33-23-11-7-10-21(2)18-23/h4-7,9-15,18-19H,8,16-17,20H2,1-3H3/b9-4+. The van der Waals surface area contributed by atoms with Crippen molar-refractivity contribution < 1.29 is 14.2 Å². The average molecular weight is 443 g/mol. The third-order valence-electron chi connectivity index (χ3n) is 5.42. The highest BCUT2D eigenvalue weighted by molar-refractivity contribution is 5.75. The van der Waals surface area contributed by atoms with Gasteiger partial charge >= 0.3 is 0 Å². The molecule has 1 heterocycles. The quantitative estimate of drug-likeness (QED) is 0.265. The minimum Gasteiger partial charge on any atom is -0.493 e. The van der Waals surface area contributed by atoms with Crippen LogP contribution in [0.1, 0.15) is 30.3 Å². The summed E-state index contributed by atoms with van der Waals surface area (Å²) in [5.74, 6) is 3.26. The van der Waals surface area contributed by atoms with Gasteiger partial charge in [0.2, 0.25) is 0 Å². The zero-order valence-electron chi connectivity index (χ0n) is 19.5. The zero-order chi connectivity index (χ0) is 23.0. The highest BCUT2D eigenvalue weighted by atomic mass is 16.5. The summed E-state index contributed by atoms with van der Waals surface area (Å²) in [4.78, 5) is 4.81. The lowest BCUT2D eigenvalue weighted by Crippen LogP contribution is -2.10. The molecule has 0 spiro atoms. The summed E-state index contributed by atoms with van der Waals surface area (Å²) < 4.78 is 19.8. The molecule has 5 heteroatoms.